The van der Waals surface area contributed by atoms with Crippen molar-refractivity contribution in [3.8, 4) is 0 Å². The molecule has 194 valence electrons. The number of amides is 2. The Kier molecular flexibility index (Phi) is 7.59. The van der Waals surface area contributed by atoms with Crippen molar-refractivity contribution in [2.45, 2.75) is 49.9 Å². The van der Waals surface area contributed by atoms with Gasteiger partial charge in [-0.15, -0.1) is 13.2 Å². The summed E-state index contributed by atoms with van der Waals surface area (Å²) in [5.74, 6) is -2.98. The van der Waals surface area contributed by atoms with E-state index in [4.69, 9.17) is 21.1 Å². The normalized spacial score (nSPS) is 30.2. The van der Waals surface area contributed by atoms with Crippen molar-refractivity contribution < 1.29 is 29.0 Å². The summed E-state index contributed by atoms with van der Waals surface area (Å²) in [5, 5.41) is 10.2. The minimum atomic E-state index is -1.20. The second-order valence-corrected chi connectivity index (χ2v) is 10.2. The number of hydrogen-bond donors (Lipinski definition) is 1. The molecule has 0 saturated carbocycles. The second-order valence-electron chi connectivity index (χ2n) is 9.77. The molecule has 0 aliphatic carbocycles. The topological polar surface area (TPSA) is 96.4 Å². The molecule has 1 N–H and O–H groups in total. The number of carbonyl (C=O) groups excluding carboxylic acids is 3. The first-order valence-electron chi connectivity index (χ1n) is 12.3. The molecule has 5 atom stereocenters. The number of likely N-dealkylation sites (tertiary alicyclic amines) is 1. The Morgan fingerprint density at radius 3 is 2.72 bits per heavy atom. The molecule has 2 bridgehead atoms. The predicted octanol–water partition coefficient (Wildman–Crippen LogP) is 3.13. The van der Waals surface area contributed by atoms with Gasteiger partial charge < -0.3 is 24.4 Å². The average molecular weight is 517 g/mol. The number of β-amino-alcohol motifs (C(OH)–C–C–N with tert-alkyl or cyclic N) is 1. The Bertz CT molecular complexity index is 1060. The number of carbonyl (C=O) groups is 3. The van der Waals surface area contributed by atoms with E-state index in [1.54, 1.807) is 36.4 Å². The van der Waals surface area contributed by atoms with Crippen LogP contribution in [0.2, 0.25) is 5.02 Å². The first-order valence-corrected chi connectivity index (χ1v) is 12.7. The van der Waals surface area contributed by atoms with Crippen LogP contribution in [0.5, 0.6) is 0 Å². The molecule has 8 nitrogen and oxygen atoms in total. The first-order chi connectivity index (χ1) is 17.3. The lowest BCUT2D eigenvalue weighted by Gasteiger charge is -2.36. The van der Waals surface area contributed by atoms with E-state index in [-0.39, 0.29) is 32.2 Å². The first kappa shape index (κ1) is 26.4. The van der Waals surface area contributed by atoms with Crippen LogP contribution in [0.1, 0.15) is 32.6 Å². The van der Waals surface area contributed by atoms with Crippen LogP contribution in [0, 0.1) is 11.8 Å². The van der Waals surface area contributed by atoms with E-state index in [0.29, 0.717) is 36.4 Å². The molecule has 1 spiro atoms. The molecule has 3 aliphatic heterocycles. The number of aliphatic hydroxyl groups excluding tert-OH is 1. The standard InChI is InChI=1S/C27H33ClN2O6/c1-4-6-9-17-35-25(34)21-20-23(32)30(15-16-31)22(27(20)13-12-26(21,3)36-27)24(33)29(14-5-2)19-11-8-7-10-18(19)28/h4-5,7-8,10-11,20-22,31H,1-2,6,9,12-17H2,3H3/t20-,21+,22?,26-,27?/m0/s1. The number of benzene rings is 1. The van der Waals surface area contributed by atoms with Crippen LogP contribution in [0.25, 0.3) is 0 Å². The van der Waals surface area contributed by atoms with Crippen LogP contribution in [-0.4, -0.2) is 71.3 Å². The van der Waals surface area contributed by atoms with Crippen molar-refractivity contribution in [2.24, 2.45) is 11.8 Å². The van der Waals surface area contributed by atoms with E-state index >= 15 is 0 Å². The van der Waals surface area contributed by atoms with Gasteiger partial charge in [0.2, 0.25) is 5.91 Å². The molecule has 3 aliphatic rings. The van der Waals surface area contributed by atoms with E-state index in [0.717, 1.165) is 0 Å². The molecule has 1 aromatic carbocycles. The number of anilines is 1. The number of aliphatic hydroxyl groups is 1. The van der Waals surface area contributed by atoms with Crippen molar-refractivity contribution in [1.82, 2.24) is 4.90 Å². The molecule has 3 fully saturated rings. The predicted molar refractivity (Wildman–Crippen MR) is 135 cm³/mol. The van der Waals surface area contributed by atoms with Crippen molar-refractivity contribution >= 4 is 35.1 Å². The smallest absolute Gasteiger partial charge is 0.312 e. The summed E-state index contributed by atoms with van der Waals surface area (Å²) in [5.41, 5.74) is -1.64. The average Bonchev–Trinajstić information content (AvgIpc) is 3.42. The molecule has 4 rings (SSSR count). The Hall–Kier alpha value is -2.68. The maximum atomic E-state index is 14.2. The number of rotatable bonds is 11. The Morgan fingerprint density at radius 2 is 2.06 bits per heavy atom. The number of para-hydroxylation sites is 1. The highest BCUT2D eigenvalue weighted by molar-refractivity contribution is 6.34. The number of ether oxygens (including phenoxy) is 2. The molecule has 1 aromatic rings. The van der Waals surface area contributed by atoms with Gasteiger partial charge in [-0.2, -0.15) is 0 Å². The van der Waals surface area contributed by atoms with E-state index in [9.17, 15) is 19.5 Å². The summed E-state index contributed by atoms with van der Waals surface area (Å²) in [6.45, 7) is 9.25. The lowest BCUT2D eigenvalue weighted by Crippen LogP contribution is -2.57. The molecule has 3 saturated heterocycles. The fraction of sp³-hybridized carbons (Fsp3) is 0.519. The number of nitrogens with zero attached hydrogens (tertiary/aromatic N) is 2. The monoisotopic (exact) mass is 516 g/mol. The van der Waals surface area contributed by atoms with Crippen LogP contribution >= 0.6 is 11.6 Å². The summed E-state index contributed by atoms with van der Waals surface area (Å²) in [7, 11) is 0. The number of esters is 1. The minimum Gasteiger partial charge on any atom is -0.465 e. The third-order valence-corrected chi connectivity index (χ3v) is 7.94. The fourth-order valence-electron chi connectivity index (χ4n) is 6.16. The lowest BCUT2D eigenvalue weighted by molar-refractivity contribution is -0.159. The molecule has 36 heavy (non-hydrogen) atoms. The lowest BCUT2D eigenvalue weighted by atomic mass is 9.66. The molecule has 0 radical (unpaired) electrons. The summed E-state index contributed by atoms with van der Waals surface area (Å²) in [4.78, 5) is 44.1. The zero-order chi connectivity index (χ0) is 26.1. The second kappa shape index (κ2) is 10.4. The SMILES string of the molecule is C=CCCCOC(=O)[C@H]1[C@H]2C(=O)N(CCO)C(C(=O)N(CC=C)c3ccccc3Cl)C23CC[C@]1(C)O3. The van der Waals surface area contributed by atoms with Crippen molar-refractivity contribution in [3.05, 3.63) is 54.6 Å². The van der Waals surface area contributed by atoms with Crippen molar-refractivity contribution in [2.75, 3.05) is 31.2 Å². The molecule has 9 heteroatoms. The number of halogens is 1. The van der Waals surface area contributed by atoms with E-state index in [1.807, 2.05) is 6.92 Å². The van der Waals surface area contributed by atoms with E-state index in [1.165, 1.54) is 9.80 Å². The molecule has 3 heterocycles. The number of hydrogen-bond acceptors (Lipinski definition) is 6. The summed E-state index contributed by atoms with van der Waals surface area (Å²) in [6.07, 6.45) is 5.62. The maximum absolute atomic E-state index is 14.2. The van der Waals surface area contributed by atoms with Gasteiger partial charge in [0.25, 0.3) is 5.91 Å². The largest absolute Gasteiger partial charge is 0.465 e. The van der Waals surface area contributed by atoms with E-state index < -0.39 is 41.0 Å². The maximum Gasteiger partial charge on any atom is 0.312 e. The van der Waals surface area contributed by atoms with Crippen LogP contribution in [0.3, 0.4) is 0 Å². The molecular weight excluding hydrogens is 484 g/mol. The van der Waals surface area contributed by atoms with Crippen LogP contribution in [0.4, 0.5) is 5.69 Å². The number of unbranched alkanes of at least 4 members (excludes halogenated alkanes) is 1. The van der Waals surface area contributed by atoms with Gasteiger partial charge in [0.15, 0.2) is 0 Å². The Labute approximate surface area is 216 Å². The van der Waals surface area contributed by atoms with Crippen LogP contribution in [0.15, 0.2) is 49.6 Å². The minimum absolute atomic E-state index is 0.0564. The molecule has 2 unspecified atom stereocenters. The zero-order valence-corrected chi connectivity index (χ0v) is 21.3. The highest BCUT2D eigenvalue weighted by atomic mass is 35.5. The Morgan fingerprint density at radius 1 is 1.31 bits per heavy atom. The van der Waals surface area contributed by atoms with Gasteiger partial charge in [-0.05, 0) is 44.7 Å². The van der Waals surface area contributed by atoms with Gasteiger partial charge in [-0.3, -0.25) is 14.4 Å². The summed E-state index contributed by atoms with van der Waals surface area (Å²) in [6, 6.07) is 5.92. The molecular formula is C27H33ClN2O6. The van der Waals surface area contributed by atoms with E-state index in [2.05, 4.69) is 13.2 Å². The Balaban J connectivity index is 1.72. The highest BCUT2D eigenvalue weighted by Crippen LogP contribution is 2.63. The van der Waals surface area contributed by atoms with Crippen molar-refractivity contribution in [3.63, 3.8) is 0 Å². The number of fused-ring (bicyclic) bond motifs is 1. The van der Waals surface area contributed by atoms with Gasteiger partial charge in [-0.25, -0.2) is 0 Å². The third kappa shape index (κ3) is 4.15. The zero-order valence-electron chi connectivity index (χ0n) is 20.5. The quantitative estimate of drug-likeness (QED) is 0.276. The van der Waals surface area contributed by atoms with Gasteiger partial charge in [0.05, 0.1) is 35.4 Å². The van der Waals surface area contributed by atoms with Crippen molar-refractivity contribution in [1.29, 1.82) is 0 Å². The summed E-state index contributed by atoms with van der Waals surface area (Å²) >= 11 is 6.43. The van der Waals surface area contributed by atoms with Crippen LogP contribution in [-0.2, 0) is 23.9 Å². The molecule has 2 amide bonds. The fourth-order valence-corrected chi connectivity index (χ4v) is 6.39. The number of allylic oxidation sites excluding steroid dienone is 1. The third-order valence-electron chi connectivity index (χ3n) is 7.62. The van der Waals surface area contributed by atoms with Crippen LogP contribution < -0.4 is 4.90 Å². The van der Waals surface area contributed by atoms with Gasteiger partial charge in [0, 0.05) is 13.1 Å². The highest BCUT2D eigenvalue weighted by Gasteiger charge is 2.78. The van der Waals surface area contributed by atoms with Gasteiger partial charge in [-0.1, -0.05) is 35.9 Å². The molecule has 0 aromatic heterocycles. The van der Waals surface area contributed by atoms with Gasteiger partial charge >= 0.3 is 5.97 Å². The van der Waals surface area contributed by atoms with Gasteiger partial charge in [0.1, 0.15) is 17.6 Å². The summed E-state index contributed by atoms with van der Waals surface area (Å²) < 4.78 is 12.1.